The average molecular weight is 428 g/mol. The predicted octanol–water partition coefficient (Wildman–Crippen LogP) is 3.54. The molecule has 0 radical (unpaired) electrons. The van der Waals surface area contributed by atoms with Crippen LogP contribution in [0, 0.1) is 0 Å². The maximum Gasteiger partial charge on any atom is 0.408 e. The van der Waals surface area contributed by atoms with Gasteiger partial charge >= 0.3 is 6.09 Å². The standard InChI is InChI=1S/C23H28N2O6/c1-23(2,3)31-22(27)25-18(13-15-6-5-7-17(12-15)28-4)21(26)24-16-8-9-19-20(14-16)30-11-10-29-19/h5-9,12,14,18H,10-11,13H2,1-4H3,(H,24,26)(H,25,27). The Balaban J connectivity index is 1.76. The number of hydrogen-bond donors (Lipinski definition) is 2. The Morgan fingerprint density at radius 1 is 1.06 bits per heavy atom. The first-order chi connectivity index (χ1) is 14.7. The fraction of sp³-hybridized carbons (Fsp3) is 0.391. The Morgan fingerprint density at radius 2 is 1.81 bits per heavy atom. The summed E-state index contributed by atoms with van der Waals surface area (Å²) < 4.78 is 21.7. The Hall–Kier alpha value is -3.42. The van der Waals surface area contributed by atoms with Crippen LogP contribution in [-0.4, -0.2) is 44.0 Å². The molecule has 2 N–H and O–H groups in total. The van der Waals surface area contributed by atoms with Crippen LogP contribution in [0.2, 0.25) is 0 Å². The number of nitrogens with one attached hydrogen (secondary N) is 2. The van der Waals surface area contributed by atoms with Crippen molar-refractivity contribution in [2.45, 2.75) is 38.8 Å². The summed E-state index contributed by atoms with van der Waals surface area (Å²) in [5.74, 6) is 1.48. The maximum absolute atomic E-state index is 13.1. The SMILES string of the molecule is COc1cccc(CC(NC(=O)OC(C)(C)C)C(=O)Nc2ccc3c(c2)OCCO3)c1. The van der Waals surface area contributed by atoms with E-state index in [2.05, 4.69) is 10.6 Å². The van der Waals surface area contributed by atoms with Crippen molar-refractivity contribution in [2.75, 3.05) is 25.6 Å². The van der Waals surface area contributed by atoms with Gasteiger partial charge in [0.05, 0.1) is 7.11 Å². The van der Waals surface area contributed by atoms with E-state index in [-0.39, 0.29) is 12.3 Å². The van der Waals surface area contributed by atoms with Crippen molar-refractivity contribution in [1.29, 1.82) is 0 Å². The van der Waals surface area contributed by atoms with Gasteiger partial charge in [-0.15, -0.1) is 0 Å². The molecule has 166 valence electrons. The van der Waals surface area contributed by atoms with Crippen molar-refractivity contribution >= 4 is 17.7 Å². The first-order valence-corrected chi connectivity index (χ1v) is 10.1. The smallest absolute Gasteiger partial charge is 0.408 e. The molecule has 1 heterocycles. The van der Waals surface area contributed by atoms with E-state index in [4.69, 9.17) is 18.9 Å². The van der Waals surface area contributed by atoms with Gasteiger partial charge in [-0.1, -0.05) is 12.1 Å². The number of ether oxygens (including phenoxy) is 4. The highest BCUT2D eigenvalue weighted by Crippen LogP contribution is 2.32. The highest BCUT2D eigenvalue weighted by atomic mass is 16.6. The van der Waals surface area contributed by atoms with Crippen molar-refractivity contribution in [3.05, 3.63) is 48.0 Å². The fourth-order valence-electron chi connectivity index (χ4n) is 3.04. The van der Waals surface area contributed by atoms with Gasteiger partial charge in [-0.25, -0.2) is 4.79 Å². The number of carbonyl (C=O) groups excluding carboxylic acids is 2. The lowest BCUT2D eigenvalue weighted by Gasteiger charge is -2.24. The molecule has 1 aliphatic heterocycles. The third kappa shape index (κ3) is 6.53. The molecule has 1 atom stereocenters. The van der Waals surface area contributed by atoms with Crippen LogP contribution in [0.15, 0.2) is 42.5 Å². The quantitative estimate of drug-likeness (QED) is 0.731. The molecule has 8 heteroatoms. The first kappa shape index (κ1) is 22.3. The molecular formula is C23H28N2O6. The molecule has 1 aliphatic rings. The number of alkyl carbamates (subject to hydrolysis) is 1. The van der Waals surface area contributed by atoms with E-state index in [1.54, 1.807) is 46.1 Å². The summed E-state index contributed by atoms with van der Waals surface area (Å²) >= 11 is 0. The molecule has 0 saturated carbocycles. The molecule has 8 nitrogen and oxygen atoms in total. The van der Waals surface area contributed by atoms with Gasteiger partial charge in [0.25, 0.3) is 0 Å². The van der Waals surface area contributed by atoms with Crippen molar-refractivity contribution < 1.29 is 28.5 Å². The maximum atomic E-state index is 13.1. The first-order valence-electron chi connectivity index (χ1n) is 10.1. The van der Waals surface area contributed by atoms with E-state index in [9.17, 15) is 9.59 Å². The normalized spacial score (nSPS) is 13.7. The minimum absolute atomic E-state index is 0.257. The summed E-state index contributed by atoms with van der Waals surface area (Å²) in [5, 5.41) is 5.51. The number of hydrogen-bond acceptors (Lipinski definition) is 6. The summed E-state index contributed by atoms with van der Waals surface area (Å²) in [7, 11) is 1.57. The summed E-state index contributed by atoms with van der Waals surface area (Å²) in [4.78, 5) is 25.4. The third-order valence-corrected chi connectivity index (χ3v) is 4.39. The molecule has 2 aromatic carbocycles. The molecule has 1 unspecified atom stereocenters. The predicted molar refractivity (Wildman–Crippen MR) is 116 cm³/mol. The van der Waals surface area contributed by atoms with E-state index in [0.717, 1.165) is 5.56 Å². The second kappa shape index (κ2) is 9.59. The van der Waals surface area contributed by atoms with Crippen molar-refractivity contribution in [3.63, 3.8) is 0 Å². The second-order valence-corrected chi connectivity index (χ2v) is 8.10. The van der Waals surface area contributed by atoms with Crippen molar-refractivity contribution in [3.8, 4) is 17.2 Å². The van der Waals surface area contributed by atoms with E-state index < -0.39 is 17.7 Å². The van der Waals surface area contributed by atoms with Crippen LogP contribution in [0.5, 0.6) is 17.2 Å². The number of methoxy groups -OCH3 is 1. The molecule has 0 fully saturated rings. The lowest BCUT2D eigenvalue weighted by Crippen LogP contribution is -2.47. The lowest BCUT2D eigenvalue weighted by molar-refractivity contribution is -0.118. The zero-order valence-electron chi connectivity index (χ0n) is 18.2. The number of amides is 2. The van der Waals surface area contributed by atoms with Crippen LogP contribution in [0.3, 0.4) is 0 Å². The number of fused-ring (bicyclic) bond motifs is 1. The van der Waals surface area contributed by atoms with Gasteiger partial charge in [0.15, 0.2) is 11.5 Å². The van der Waals surface area contributed by atoms with E-state index in [1.165, 1.54) is 0 Å². The number of anilines is 1. The monoisotopic (exact) mass is 428 g/mol. The van der Waals surface area contributed by atoms with Crippen LogP contribution in [0.1, 0.15) is 26.3 Å². The van der Waals surface area contributed by atoms with Crippen molar-refractivity contribution in [1.82, 2.24) is 5.32 Å². The average Bonchev–Trinajstić information content (AvgIpc) is 2.72. The zero-order chi connectivity index (χ0) is 22.4. The van der Waals surface area contributed by atoms with Crippen LogP contribution in [0.4, 0.5) is 10.5 Å². The summed E-state index contributed by atoms with van der Waals surface area (Å²) in [6.07, 6.45) is -0.412. The second-order valence-electron chi connectivity index (χ2n) is 8.10. The Morgan fingerprint density at radius 3 is 2.52 bits per heavy atom. The van der Waals surface area contributed by atoms with Crippen molar-refractivity contribution in [2.24, 2.45) is 0 Å². The number of carbonyl (C=O) groups is 2. The Kier molecular flexibility index (Phi) is 6.89. The lowest BCUT2D eigenvalue weighted by atomic mass is 10.0. The molecule has 3 rings (SSSR count). The number of benzene rings is 2. The van der Waals surface area contributed by atoms with Crippen LogP contribution >= 0.6 is 0 Å². The third-order valence-electron chi connectivity index (χ3n) is 4.39. The van der Waals surface area contributed by atoms with Gasteiger partial charge in [-0.2, -0.15) is 0 Å². The summed E-state index contributed by atoms with van der Waals surface area (Å²) in [6.45, 7) is 6.22. The highest BCUT2D eigenvalue weighted by molar-refractivity contribution is 5.97. The molecule has 31 heavy (non-hydrogen) atoms. The Labute approximate surface area is 181 Å². The van der Waals surface area contributed by atoms with E-state index >= 15 is 0 Å². The Bertz CT molecular complexity index is 938. The van der Waals surface area contributed by atoms with E-state index in [1.807, 2.05) is 24.3 Å². The van der Waals surface area contributed by atoms with Gasteiger partial charge in [-0.05, 0) is 50.6 Å². The largest absolute Gasteiger partial charge is 0.497 e. The fourth-order valence-corrected chi connectivity index (χ4v) is 3.04. The molecule has 2 amide bonds. The van der Waals surface area contributed by atoms with Gasteiger partial charge in [0.1, 0.15) is 30.6 Å². The van der Waals surface area contributed by atoms with Crippen LogP contribution in [-0.2, 0) is 16.0 Å². The summed E-state index contributed by atoms with van der Waals surface area (Å²) in [6, 6.07) is 11.6. The molecule has 0 saturated heterocycles. The van der Waals surface area contributed by atoms with Gasteiger partial charge in [0, 0.05) is 18.2 Å². The minimum atomic E-state index is -0.866. The van der Waals surface area contributed by atoms with Crippen LogP contribution < -0.4 is 24.8 Å². The van der Waals surface area contributed by atoms with E-state index in [0.29, 0.717) is 36.1 Å². The van der Waals surface area contributed by atoms with Gasteiger partial charge in [-0.3, -0.25) is 4.79 Å². The molecule has 0 aromatic heterocycles. The van der Waals surface area contributed by atoms with Crippen LogP contribution in [0.25, 0.3) is 0 Å². The highest BCUT2D eigenvalue weighted by Gasteiger charge is 2.25. The topological polar surface area (TPSA) is 95.1 Å². The van der Waals surface area contributed by atoms with Gasteiger partial charge in [0.2, 0.25) is 5.91 Å². The molecule has 2 aromatic rings. The molecule has 0 bridgehead atoms. The molecular weight excluding hydrogens is 400 g/mol. The molecule has 0 aliphatic carbocycles. The minimum Gasteiger partial charge on any atom is -0.497 e. The summed E-state index contributed by atoms with van der Waals surface area (Å²) in [5.41, 5.74) is 0.685. The number of rotatable bonds is 6. The zero-order valence-corrected chi connectivity index (χ0v) is 18.2. The molecule has 0 spiro atoms. The van der Waals surface area contributed by atoms with Gasteiger partial charge < -0.3 is 29.6 Å².